The maximum Gasteiger partial charge on any atom is 0.343 e. The molecule has 86 valence electrons. The van der Waals surface area contributed by atoms with E-state index >= 15 is 0 Å². The topological polar surface area (TPSA) is 72.3 Å². The Kier molecular flexibility index (Phi) is 2.07. The number of aromatic amines is 1. The molecule has 17 heavy (non-hydrogen) atoms. The minimum absolute atomic E-state index is 0.342. The molecule has 0 aromatic carbocycles. The highest BCUT2D eigenvalue weighted by molar-refractivity contribution is 5.97. The van der Waals surface area contributed by atoms with Crippen molar-refractivity contribution in [2.24, 2.45) is 0 Å². The number of carbonyl (C=O) groups excluding carboxylic acids is 1. The minimum atomic E-state index is -0.381. The summed E-state index contributed by atoms with van der Waals surface area (Å²) in [5.74, 6) is -0.381. The van der Waals surface area contributed by atoms with Crippen molar-refractivity contribution in [2.75, 3.05) is 6.61 Å². The van der Waals surface area contributed by atoms with Gasteiger partial charge in [-0.2, -0.15) is 9.61 Å². The molecule has 1 N–H and O–H groups in total. The van der Waals surface area contributed by atoms with Gasteiger partial charge in [-0.15, -0.1) is 0 Å². The highest BCUT2D eigenvalue weighted by Gasteiger charge is 2.17. The molecular weight excluding hydrogens is 220 g/mol. The number of H-pyrrole nitrogens is 1. The third kappa shape index (κ3) is 1.37. The summed E-state index contributed by atoms with van der Waals surface area (Å²) in [7, 11) is 0. The molecule has 6 nitrogen and oxygen atoms in total. The molecule has 0 atom stereocenters. The van der Waals surface area contributed by atoms with Gasteiger partial charge in [0.1, 0.15) is 5.56 Å². The van der Waals surface area contributed by atoms with E-state index in [0.29, 0.717) is 23.5 Å². The van der Waals surface area contributed by atoms with Crippen LogP contribution in [0.25, 0.3) is 16.8 Å². The Morgan fingerprint density at radius 2 is 2.47 bits per heavy atom. The highest BCUT2D eigenvalue weighted by atomic mass is 16.5. The van der Waals surface area contributed by atoms with E-state index in [9.17, 15) is 4.79 Å². The zero-order valence-electron chi connectivity index (χ0n) is 9.17. The van der Waals surface area contributed by atoms with E-state index in [1.54, 1.807) is 17.6 Å². The summed E-state index contributed by atoms with van der Waals surface area (Å²) >= 11 is 0. The Morgan fingerprint density at radius 1 is 1.59 bits per heavy atom. The van der Waals surface area contributed by atoms with Gasteiger partial charge in [0, 0.05) is 6.20 Å². The van der Waals surface area contributed by atoms with Crippen molar-refractivity contribution in [3.05, 3.63) is 30.1 Å². The predicted octanol–water partition coefficient (Wildman–Crippen LogP) is 1.39. The molecule has 0 bridgehead atoms. The molecule has 0 spiro atoms. The van der Waals surface area contributed by atoms with Crippen LogP contribution in [0.3, 0.4) is 0 Å². The molecule has 0 fully saturated rings. The maximum atomic E-state index is 11.7. The van der Waals surface area contributed by atoms with Crippen molar-refractivity contribution in [1.29, 1.82) is 0 Å². The van der Waals surface area contributed by atoms with Crippen LogP contribution in [0.5, 0.6) is 0 Å². The summed E-state index contributed by atoms with van der Waals surface area (Å²) in [4.78, 5) is 19.0. The van der Waals surface area contributed by atoms with Crippen molar-refractivity contribution in [1.82, 2.24) is 19.6 Å². The van der Waals surface area contributed by atoms with Gasteiger partial charge in [0.25, 0.3) is 0 Å². The fourth-order valence-electron chi connectivity index (χ4n) is 1.78. The standard InChI is InChI=1S/C11H10N4O2/c1-2-17-11(16)7-6-13-15-9(7)14-8-4-3-5-12-10(8)15/h3-6,14H,2H2,1H3. The van der Waals surface area contributed by atoms with Crippen LogP contribution >= 0.6 is 0 Å². The summed E-state index contributed by atoms with van der Waals surface area (Å²) in [5, 5.41) is 4.13. The number of esters is 1. The zero-order valence-corrected chi connectivity index (χ0v) is 9.17. The van der Waals surface area contributed by atoms with E-state index in [1.165, 1.54) is 6.20 Å². The summed E-state index contributed by atoms with van der Waals surface area (Å²) < 4.78 is 6.56. The number of imidazole rings is 1. The molecule has 0 aliphatic rings. The quantitative estimate of drug-likeness (QED) is 0.675. The van der Waals surface area contributed by atoms with Gasteiger partial charge >= 0.3 is 5.97 Å². The first-order valence-electron chi connectivity index (χ1n) is 5.29. The first kappa shape index (κ1) is 9.83. The summed E-state index contributed by atoms with van der Waals surface area (Å²) in [6, 6.07) is 3.70. The van der Waals surface area contributed by atoms with Crippen LogP contribution in [0, 0.1) is 0 Å². The Labute approximate surface area is 96.2 Å². The number of nitrogens with one attached hydrogen (secondary N) is 1. The molecule has 0 aliphatic heterocycles. The fourth-order valence-corrected chi connectivity index (χ4v) is 1.78. The first-order chi connectivity index (χ1) is 8.31. The molecule has 0 saturated heterocycles. The van der Waals surface area contributed by atoms with E-state index in [-0.39, 0.29) is 5.97 Å². The third-order valence-electron chi connectivity index (χ3n) is 2.50. The number of rotatable bonds is 2. The van der Waals surface area contributed by atoms with Crippen molar-refractivity contribution in [3.8, 4) is 0 Å². The lowest BCUT2D eigenvalue weighted by Crippen LogP contribution is -2.03. The molecule has 0 unspecified atom stereocenters. The smallest absolute Gasteiger partial charge is 0.343 e. The molecule has 0 aliphatic carbocycles. The van der Waals surface area contributed by atoms with Crippen LogP contribution in [0.2, 0.25) is 0 Å². The number of aromatic nitrogens is 4. The molecule has 3 rings (SSSR count). The van der Waals surface area contributed by atoms with Gasteiger partial charge in [-0.1, -0.05) is 0 Å². The number of carbonyl (C=O) groups is 1. The Hall–Kier alpha value is -2.37. The zero-order chi connectivity index (χ0) is 11.8. The van der Waals surface area contributed by atoms with Crippen molar-refractivity contribution >= 4 is 22.8 Å². The van der Waals surface area contributed by atoms with Crippen molar-refractivity contribution in [2.45, 2.75) is 6.92 Å². The summed E-state index contributed by atoms with van der Waals surface area (Å²) in [5.41, 5.74) is 2.56. The number of nitrogens with zero attached hydrogens (tertiary/aromatic N) is 3. The van der Waals surface area contributed by atoms with E-state index in [1.807, 2.05) is 12.1 Å². The lowest BCUT2D eigenvalue weighted by molar-refractivity contribution is 0.0528. The number of ether oxygens (including phenoxy) is 1. The molecular formula is C11H10N4O2. The van der Waals surface area contributed by atoms with Gasteiger partial charge in [-0.25, -0.2) is 9.78 Å². The van der Waals surface area contributed by atoms with Gasteiger partial charge in [0.15, 0.2) is 11.3 Å². The third-order valence-corrected chi connectivity index (χ3v) is 2.50. The Morgan fingerprint density at radius 3 is 3.29 bits per heavy atom. The largest absolute Gasteiger partial charge is 0.462 e. The maximum absolute atomic E-state index is 11.7. The van der Waals surface area contributed by atoms with Gasteiger partial charge in [-0.3, -0.25) is 0 Å². The average Bonchev–Trinajstić information content (AvgIpc) is 2.87. The second-order valence-corrected chi connectivity index (χ2v) is 3.54. The van der Waals surface area contributed by atoms with E-state index < -0.39 is 0 Å². The summed E-state index contributed by atoms with van der Waals surface area (Å²) in [6.45, 7) is 2.11. The molecule has 6 heteroatoms. The van der Waals surface area contributed by atoms with Crippen LogP contribution in [-0.2, 0) is 4.74 Å². The second kappa shape index (κ2) is 3.58. The number of fused-ring (bicyclic) bond motifs is 3. The number of hydrogen-bond acceptors (Lipinski definition) is 4. The van der Waals surface area contributed by atoms with Gasteiger partial charge in [-0.05, 0) is 19.1 Å². The molecule has 0 amide bonds. The molecule has 3 aromatic rings. The van der Waals surface area contributed by atoms with Gasteiger partial charge < -0.3 is 9.72 Å². The minimum Gasteiger partial charge on any atom is -0.462 e. The van der Waals surface area contributed by atoms with Gasteiger partial charge in [0.05, 0.1) is 18.3 Å². The molecule has 0 radical (unpaired) electrons. The van der Waals surface area contributed by atoms with Gasteiger partial charge in [0.2, 0.25) is 0 Å². The predicted molar refractivity (Wildman–Crippen MR) is 60.8 cm³/mol. The Bertz CT molecular complexity index is 698. The molecule has 3 aromatic heterocycles. The fraction of sp³-hybridized carbons (Fsp3) is 0.182. The molecule has 3 heterocycles. The van der Waals surface area contributed by atoms with E-state index in [0.717, 1.165) is 5.52 Å². The van der Waals surface area contributed by atoms with E-state index in [2.05, 4.69) is 15.1 Å². The summed E-state index contributed by atoms with van der Waals surface area (Å²) in [6.07, 6.45) is 3.17. The Balaban J connectivity index is 2.24. The average molecular weight is 230 g/mol. The van der Waals surface area contributed by atoms with Crippen molar-refractivity contribution < 1.29 is 9.53 Å². The van der Waals surface area contributed by atoms with Crippen LogP contribution in [-0.4, -0.2) is 32.2 Å². The monoisotopic (exact) mass is 230 g/mol. The van der Waals surface area contributed by atoms with Crippen LogP contribution in [0.15, 0.2) is 24.5 Å². The normalized spacial score (nSPS) is 11.1. The van der Waals surface area contributed by atoms with Crippen LogP contribution < -0.4 is 0 Å². The number of hydrogen-bond donors (Lipinski definition) is 1. The lowest BCUT2D eigenvalue weighted by Gasteiger charge is -1.96. The van der Waals surface area contributed by atoms with Crippen molar-refractivity contribution in [3.63, 3.8) is 0 Å². The molecule has 0 saturated carbocycles. The number of pyridine rings is 1. The van der Waals surface area contributed by atoms with E-state index in [4.69, 9.17) is 4.74 Å². The second-order valence-electron chi connectivity index (χ2n) is 3.54. The van der Waals surface area contributed by atoms with Crippen LogP contribution in [0.1, 0.15) is 17.3 Å². The first-order valence-corrected chi connectivity index (χ1v) is 5.29. The lowest BCUT2D eigenvalue weighted by atomic mass is 10.3. The highest BCUT2D eigenvalue weighted by Crippen LogP contribution is 2.17. The SMILES string of the molecule is CCOC(=O)c1cnn2c1[nH]c1cccnc12. The van der Waals surface area contributed by atoms with Crippen LogP contribution in [0.4, 0.5) is 0 Å².